The van der Waals surface area contributed by atoms with E-state index in [1.54, 1.807) is 37.3 Å². The van der Waals surface area contributed by atoms with Crippen molar-refractivity contribution in [1.82, 2.24) is 9.88 Å². The Kier molecular flexibility index (Phi) is 4.17. The van der Waals surface area contributed by atoms with Crippen molar-refractivity contribution in [3.8, 4) is 6.07 Å². The number of nitriles is 1. The van der Waals surface area contributed by atoms with Crippen LogP contribution >= 0.6 is 0 Å². The Morgan fingerprint density at radius 1 is 1.40 bits per heavy atom. The van der Waals surface area contributed by atoms with Gasteiger partial charge in [-0.05, 0) is 18.6 Å². The zero-order valence-corrected chi connectivity index (χ0v) is 11.6. The van der Waals surface area contributed by atoms with Gasteiger partial charge in [-0.3, -0.25) is 0 Å². The molecule has 0 aliphatic rings. The molecule has 0 saturated carbocycles. The van der Waals surface area contributed by atoms with Crippen LogP contribution in [0.25, 0.3) is 0 Å². The maximum absolute atomic E-state index is 12.0. The molecule has 0 saturated heterocycles. The lowest BCUT2D eigenvalue weighted by Crippen LogP contribution is -2.24. The Balaban J connectivity index is 2.06. The standard InChI is InChI=1S/C13H13N3O3S/c1-10-6-13(19-16-10)8-15-20(17,18)9-12-5-3-2-4-11(12)7-14/h2-6,15H,8-9H2,1H3. The monoisotopic (exact) mass is 291 g/mol. The third kappa shape index (κ3) is 3.66. The number of benzene rings is 1. The number of aryl methyl sites for hydroxylation is 1. The first-order chi connectivity index (χ1) is 9.50. The van der Waals surface area contributed by atoms with Crippen molar-refractivity contribution in [2.24, 2.45) is 0 Å². The Morgan fingerprint density at radius 2 is 2.15 bits per heavy atom. The highest BCUT2D eigenvalue weighted by atomic mass is 32.2. The lowest BCUT2D eigenvalue weighted by Gasteiger charge is -2.06. The summed E-state index contributed by atoms with van der Waals surface area (Å²) in [5.41, 5.74) is 1.51. The van der Waals surface area contributed by atoms with E-state index in [4.69, 9.17) is 9.78 Å². The van der Waals surface area contributed by atoms with Gasteiger partial charge in [-0.25, -0.2) is 13.1 Å². The molecule has 0 spiro atoms. The molecule has 104 valence electrons. The van der Waals surface area contributed by atoms with E-state index in [2.05, 4.69) is 9.88 Å². The second-order valence-electron chi connectivity index (χ2n) is 4.28. The summed E-state index contributed by atoms with van der Waals surface area (Å²) in [5.74, 6) is 0.198. The van der Waals surface area contributed by atoms with Crippen molar-refractivity contribution >= 4 is 10.0 Å². The average molecular weight is 291 g/mol. The Labute approximate surface area is 117 Å². The maximum Gasteiger partial charge on any atom is 0.216 e. The molecule has 2 rings (SSSR count). The topological polar surface area (TPSA) is 96.0 Å². The fourth-order valence-corrected chi connectivity index (χ4v) is 2.82. The predicted octanol–water partition coefficient (Wildman–Crippen LogP) is 1.47. The van der Waals surface area contributed by atoms with Crippen LogP contribution in [-0.4, -0.2) is 13.6 Å². The van der Waals surface area contributed by atoms with E-state index in [1.165, 1.54) is 0 Å². The van der Waals surface area contributed by atoms with Crippen LogP contribution in [0.4, 0.5) is 0 Å². The molecule has 0 aliphatic carbocycles. The van der Waals surface area contributed by atoms with E-state index in [0.717, 1.165) is 0 Å². The molecule has 0 fully saturated rings. The smallest absolute Gasteiger partial charge is 0.216 e. The first-order valence-electron chi connectivity index (χ1n) is 5.88. The molecule has 0 aliphatic heterocycles. The zero-order valence-electron chi connectivity index (χ0n) is 10.8. The highest BCUT2D eigenvalue weighted by molar-refractivity contribution is 7.88. The summed E-state index contributed by atoms with van der Waals surface area (Å²) in [4.78, 5) is 0. The normalized spacial score (nSPS) is 11.2. The van der Waals surface area contributed by atoms with Gasteiger partial charge in [0, 0.05) is 6.07 Å². The van der Waals surface area contributed by atoms with Gasteiger partial charge in [-0.15, -0.1) is 0 Å². The molecule has 1 N–H and O–H groups in total. The predicted molar refractivity (Wildman–Crippen MR) is 71.9 cm³/mol. The molecule has 6 nitrogen and oxygen atoms in total. The van der Waals surface area contributed by atoms with Crippen molar-refractivity contribution in [3.63, 3.8) is 0 Å². The summed E-state index contributed by atoms with van der Waals surface area (Å²) in [6.45, 7) is 1.79. The van der Waals surface area contributed by atoms with Crippen molar-refractivity contribution < 1.29 is 12.9 Å². The minimum Gasteiger partial charge on any atom is -0.360 e. The summed E-state index contributed by atoms with van der Waals surface area (Å²) < 4.78 is 31.3. The zero-order chi connectivity index (χ0) is 14.6. The quantitative estimate of drug-likeness (QED) is 0.900. The van der Waals surface area contributed by atoms with Crippen LogP contribution in [0.5, 0.6) is 0 Å². The van der Waals surface area contributed by atoms with E-state index in [1.807, 2.05) is 6.07 Å². The van der Waals surface area contributed by atoms with Crippen LogP contribution < -0.4 is 4.72 Å². The fraction of sp³-hybridized carbons (Fsp3) is 0.231. The van der Waals surface area contributed by atoms with E-state index in [-0.39, 0.29) is 12.3 Å². The van der Waals surface area contributed by atoms with Gasteiger partial charge >= 0.3 is 0 Å². The van der Waals surface area contributed by atoms with Gasteiger partial charge in [0.25, 0.3) is 0 Å². The first kappa shape index (κ1) is 14.2. The average Bonchev–Trinajstić information content (AvgIpc) is 2.83. The van der Waals surface area contributed by atoms with Gasteiger partial charge in [0.15, 0.2) is 5.76 Å². The Hall–Kier alpha value is -2.17. The van der Waals surface area contributed by atoms with Crippen molar-refractivity contribution in [2.45, 2.75) is 19.2 Å². The second-order valence-corrected chi connectivity index (χ2v) is 6.09. The molecule has 2 aromatic rings. The van der Waals surface area contributed by atoms with Crippen molar-refractivity contribution in [1.29, 1.82) is 5.26 Å². The molecule has 1 heterocycles. The molecule has 0 radical (unpaired) electrons. The number of sulfonamides is 1. The van der Waals surface area contributed by atoms with E-state index >= 15 is 0 Å². The SMILES string of the molecule is Cc1cc(CNS(=O)(=O)Cc2ccccc2C#N)on1. The van der Waals surface area contributed by atoms with E-state index in [0.29, 0.717) is 22.6 Å². The number of nitrogens with one attached hydrogen (secondary N) is 1. The Morgan fingerprint density at radius 3 is 2.80 bits per heavy atom. The molecule has 0 atom stereocenters. The van der Waals surface area contributed by atoms with E-state index < -0.39 is 10.0 Å². The van der Waals surface area contributed by atoms with Crippen LogP contribution in [-0.2, 0) is 22.3 Å². The fourth-order valence-electron chi connectivity index (χ4n) is 1.69. The first-order valence-corrected chi connectivity index (χ1v) is 7.53. The second kappa shape index (κ2) is 5.86. The summed E-state index contributed by atoms with van der Waals surface area (Å²) >= 11 is 0. The minimum atomic E-state index is -3.55. The molecule has 1 aromatic carbocycles. The lowest BCUT2D eigenvalue weighted by molar-refractivity contribution is 0.377. The molecule has 20 heavy (non-hydrogen) atoms. The Bertz CT molecular complexity index is 744. The van der Waals surface area contributed by atoms with Crippen LogP contribution in [0.2, 0.25) is 0 Å². The highest BCUT2D eigenvalue weighted by Gasteiger charge is 2.15. The van der Waals surface area contributed by atoms with E-state index in [9.17, 15) is 8.42 Å². The summed E-state index contributed by atoms with van der Waals surface area (Å²) in [6.07, 6.45) is 0. The molecule has 0 unspecified atom stereocenters. The molecule has 0 bridgehead atoms. The number of hydrogen-bond acceptors (Lipinski definition) is 5. The number of hydrogen-bond donors (Lipinski definition) is 1. The van der Waals surface area contributed by atoms with Crippen molar-refractivity contribution in [2.75, 3.05) is 0 Å². The number of rotatable bonds is 5. The molecule has 0 amide bonds. The number of nitrogens with zero attached hydrogens (tertiary/aromatic N) is 2. The lowest BCUT2D eigenvalue weighted by atomic mass is 10.1. The van der Waals surface area contributed by atoms with Crippen LogP contribution in [0, 0.1) is 18.3 Å². The summed E-state index contributed by atoms with van der Waals surface area (Å²) in [5, 5.41) is 12.6. The number of aromatic nitrogens is 1. The highest BCUT2D eigenvalue weighted by Crippen LogP contribution is 2.11. The summed E-state index contributed by atoms with van der Waals surface area (Å²) in [6, 6.07) is 10.2. The van der Waals surface area contributed by atoms with Gasteiger partial charge in [0.05, 0.1) is 29.6 Å². The largest absolute Gasteiger partial charge is 0.360 e. The van der Waals surface area contributed by atoms with Gasteiger partial charge in [0.2, 0.25) is 10.0 Å². The van der Waals surface area contributed by atoms with Crippen LogP contribution in [0.3, 0.4) is 0 Å². The van der Waals surface area contributed by atoms with Crippen LogP contribution in [0.1, 0.15) is 22.6 Å². The third-order valence-electron chi connectivity index (χ3n) is 2.63. The van der Waals surface area contributed by atoms with Gasteiger partial charge in [-0.2, -0.15) is 5.26 Å². The molecule has 1 aromatic heterocycles. The third-order valence-corrected chi connectivity index (χ3v) is 3.90. The summed E-state index contributed by atoms with van der Waals surface area (Å²) in [7, 11) is -3.55. The maximum atomic E-state index is 12.0. The van der Waals surface area contributed by atoms with Gasteiger partial charge in [-0.1, -0.05) is 23.4 Å². The van der Waals surface area contributed by atoms with Crippen LogP contribution in [0.15, 0.2) is 34.9 Å². The molecular formula is C13H13N3O3S. The minimum absolute atomic E-state index is 0.0396. The van der Waals surface area contributed by atoms with Gasteiger partial charge in [0.1, 0.15) is 0 Å². The van der Waals surface area contributed by atoms with Crippen molar-refractivity contribution in [3.05, 3.63) is 52.9 Å². The molecular weight excluding hydrogens is 278 g/mol. The molecule has 7 heteroatoms. The van der Waals surface area contributed by atoms with Gasteiger partial charge < -0.3 is 4.52 Å².